The molecule has 0 bridgehead atoms. The molecule has 3 amide bonds. The summed E-state index contributed by atoms with van der Waals surface area (Å²) in [5.41, 5.74) is 1.77. The highest BCUT2D eigenvalue weighted by molar-refractivity contribution is 7.99. The molecule has 1 aliphatic rings. The quantitative estimate of drug-likeness (QED) is 0.527. The van der Waals surface area contributed by atoms with Crippen LogP contribution in [0.4, 0.5) is 14.5 Å². The second-order valence-corrected chi connectivity index (χ2v) is 9.73. The third kappa shape index (κ3) is 5.73. The van der Waals surface area contributed by atoms with Crippen molar-refractivity contribution in [2.45, 2.75) is 35.6 Å². The van der Waals surface area contributed by atoms with Crippen molar-refractivity contribution in [3.05, 3.63) is 95.6 Å². The lowest BCUT2D eigenvalue weighted by atomic mass is 10.0. The molecular weight excluding hydrogens is 484 g/mol. The number of nitrogens with one attached hydrogen (secondary N) is 2. The van der Waals surface area contributed by atoms with Gasteiger partial charge in [0.05, 0.1) is 17.4 Å². The largest absolute Gasteiger partial charge is 0.344 e. The van der Waals surface area contributed by atoms with E-state index in [1.54, 1.807) is 7.05 Å². The lowest BCUT2D eigenvalue weighted by Gasteiger charge is -2.28. The van der Waals surface area contributed by atoms with E-state index in [0.29, 0.717) is 0 Å². The maximum Gasteiger partial charge on any atom is 0.250 e. The summed E-state index contributed by atoms with van der Waals surface area (Å²) in [4.78, 5) is 41.5. The van der Waals surface area contributed by atoms with Crippen LogP contribution in [-0.4, -0.2) is 36.9 Å². The normalized spacial score (nSPS) is 18.1. The van der Waals surface area contributed by atoms with Crippen LogP contribution in [0.1, 0.15) is 23.3 Å². The third-order valence-corrected chi connectivity index (χ3v) is 7.26. The number of amides is 3. The Hall–Kier alpha value is -3.72. The molecule has 2 N–H and O–H groups in total. The molecule has 3 aromatic carbocycles. The zero-order chi connectivity index (χ0) is 25.8. The van der Waals surface area contributed by atoms with Crippen molar-refractivity contribution >= 4 is 35.2 Å². The maximum atomic E-state index is 13.5. The molecule has 1 aliphatic heterocycles. The molecule has 0 fully saturated rings. The first-order chi connectivity index (χ1) is 17.2. The summed E-state index contributed by atoms with van der Waals surface area (Å²) < 4.78 is 26.9. The van der Waals surface area contributed by atoms with Gasteiger partial charge >= 0.3 is 0 Å². The number of para-hydroxylation sites is 1. The number of carbonyl (C=O) groups is 3. The lowest BCUT2D eigenvalue weighted by molar-refractivity contribution is -0.130. The molecule has 0 saturated carbocycles. The minimum absolute atomic E-state index is 0.150. The average Bonchev–Trinajstić information content (AvgIpc) is 2.94. The Labute approximate surface area is 212 Å². The van der Waals surface area contributed by atoms with E-state index in [-0.39, 0.29) is 17.9 Å². The molecule has 0 saturated heterocycles. The van der Waals surface area contributed by atoms with Gasteiger partial charge in [-0.2, -0.15) is 0 Å². The molecule has 186 valence electrons. The molecule has 1 heterocycles. The summed E-state index contributed by atoms with van der Waals surface area (Å²) in [6.07, 6.45) is -0.296. The molecule has 3 atom stereocenters. The molecular formula is C27H25F2N3O3S. The fraction of sp³-hybridized carbons (Fsp3) is 0.222. The minimum atomic E-state index is -0.985. The van der Waals surface area contributed by atoms with Crippen LogP contribution < -0.4 is 15.5 Å². The SMILES string of the molecule is C[C@H](NC(=O)Cc1cc(F)cc(F)c1)C(=O)N[C@@H]1C(=O)N(C)c2ccccc2S[C@@H]1c1ccccc1. The Balaban J connectivity index is 1.52. The molecule has 0 radical (unpaired) electrons. The highest BCUT2D eigenvalue weighted by atomic mass is 32.2. The number of thioether (sulfide) groups is 1. The third-order valence-electron chi connectivity index (χ3n) is 5.86. The van der Waals surface area contributed by atoms with E-state index in [2.05, 4.69) is 10.6 Å². The molecule has 0 unspecified atom stereocenters. The van der Waals surface area contributed by atoms with E-state index < -0.39 is 40.8 Å². The van der Waals surface area contributed by atoms with Gasteiger partial charge in [-0.15, -0.1) is 11.8 Å². The Morgan fingerprint density at radius 2 is 1.64 bits per heavy atom. The van der Waals surface area contributed by atoms with Crippen LogP contribution in [-0.2, 0) is 20.8 Å². The zero-order valence-corrected chi connectivity index (χ0v) is 20.5. The van der Waals surface area contributed by atoms with Gasteiger partial charge in [0.15, 0.2) is 0 Å². The second kappa shape index (κ2) is 10.9. The number of anilines is 1. The number of halogens is 2. The molecule has 4 rings (SSSR count). The molecule has 3 aromatic rings. The molecule has 6 nitrogen and oxygen atoms in total. The Morgan fingerprint density at radius 1 is 1.00 bits per heavy atom. The molecule has 0 aliphatic carbocycles. The van der Waals surface area contributed by atoms with Crippen molar-refractivity contribution in [2.75, 3.05) is 11.9 Å². The smallest absolute Gasteiger partial charge is 0.250 e. The van der Waals surface area contributed by atoms with Crippen LogP contribution in [0, 0.1) is 11.6 Å². The van der Waals surface area contributed by atoms with E-state index in [1.165, 1.54) is 23.6 Å². The number of carbonyl (C=O) groups excluding carboxylic acids is 3. The average molecular weight is 510 g/mol. The topological polar surface area (TPSA) is 78.5 Å². The Kier molecular flexibility index (Phi) is 7.69. The molecule has 36 heavy (non-hydrogen) atoms. The zero-order valence-electron chi connectivity index (χ0n) is 19.7. The lowest BCUT2D eigenvalue weighted by Crippen LogP contribution is -2.54. The van der Waals surface area contributed by atoms with Gasteiger partial charge in [0.25, 0.3) is 5.91 Å². The van der Waals surface area contributed by atoms with E-state index in [1.807, 2.05) is 54.6 Å². The minimum Gasteiger partial charge on any atom is -0.344 e. The van der Waals surface area contributed by atoms with Crippen LogP contribution >= 0.6 is 11.8 Å². The number of hydrogen-bond donors (Lipinski definition) is 2. The number of likely N-dealkylation sites (N-methyl/N-ethyl adjacent to an activating group) is 1. The molecule has 9 heteroatoms. The van der Waals surface area contributed by atoms with E-state index >= 15 is 0 Å². The van der Waals surface area contributed by atoms with Gasteiger partial charge in [0, 0.05) is 18.0 Å². The van der Waals surface area contributed by atoms with Crippen molar-refractivity contribution in [1.82, 2.24) is 10.6 Å². The van der Waals surface area contributed by atoms with Gasteiger partial charge < -0.3 is 15.5 Å². The van der Waals surface area contributed by atoms with E-state index in [4.69, 9.17) is 0 Å². The number of rotatable bonds is 6. The number of benzene rings is 3. The summed E-state index contributed by atoms with van der Waals surface area (Å²) in [5.74, 6) is -2.99. The summed E-state index contributed by atoms with van der Waals surface area (Å²) in [6, 6.07) is 17.9. The van der Waals surface area contributed by atoms with Gasteiger partial charge in [0.2, 0.25) is 11.8 Å². The fourth-order valence-electron chi connectivity index (χ4n) is 4.07. The van der Waals surface area contributed by atoms with Crippen LogP contribution in [0.5, 0.6) is 0 Å². The predicted octanol–water partition coefficient (Wildman–Crippen LogP) is 4.01. The van der Waals surface area contributed by atoms with Crippen molar-refractivity contribution < 1.29 is 23.2 Å². The monoisotopic (exact) mass is 509 g/mol. The number of fused-ring (bicyclic) bond motifs is 1. The number of hydrogen-bond acceptors (Lipinski definition) is 4. The maximum absolute atomic E-state index is 13.5. The van der Waals surface area contributed by atoms with Gasteiger partial charge in [-0.1, -0.05) is 42.5 Å². The Bertz CT molecular complexity index is 1270. The standard InChI is InChI=1S/C27H25F2N3O3S/c1-16(30-23(33)14-17-12-19(28)15-20(29)13-17)26(34)31-24-25(18-8-4-3-5-9-18)36-22-11-7-6-10-21(22)32(2)27(24)35/h3-13,15-16,24-25H,14H2,1-2H3,(H,30,33)(H,31,34)/t16-,24-,25+/m0/s1. The second-order valence-electron chi connectivity index (χ2n) is 8.54. The van der Waals surface area contributed by atoms with Gasteiger partial charge in [-0.05, 0) is 42.3 Å². The molecule has 0 aromatic heterocycles. The first-order valence-electron chi connectivity index (χ1n) is 11.4. The first kappa shape index (κ1) is 25.4. The van der Waals surface area contributed by atoms with Crippen molar-refractivity contribution in [3.63, 3.8) is 0 Å². The fourth-order valence-corrected chi connectivity index (χ4v) is 5.44. The predicted molar refractivity (Wildman–Crippen MR) is 134 cm³/mol. The van der Waals surface area contributed by atoms with Gasteiger partial charge in [0.1, 0.15) is 23.7 Å². The summed E-state index contributed by atoms with van der Waals surface area (Å²) in [6.45, 7) is 1.49. The Morgan fingerprint density at radius 3 is 2.33 bits per heavy atom. The summed E-state index contributed by atoms with van der Waals surface area (Å²) in [7, 11) is 1.66. The van der Waals surface area contributed by atoms with E-state index in [0.717, 1.165) is 34.3 Å². The molecule has 0 spiro atoms. The van der Waals surface area contributed by atoms with E-state index in [9.17, 15) is 23.2 Å². The summed E-state index contributed by atoms with van der Waals surface area (Å²) in [5, 5.41) is 4.96. The number of nitrogens with zero attached hydrogens (tertiary/aromatic N) is 1. The van der Waals surface area contributed by atoms with Crippen LogP contribution in [0.25, 0.3) is 0 Å². The van der Waals surface area contributed by atoms with Crippen LogP contribution in [0.2, 0.25) is 0 Å². The van der Waals surface area contributed by atoms with Gasteiger partial charge in [-0.25, -0.2) is 8.78 Å². The van der Waals surface area contributed by atoms with Crippen LogP contribution in [0.15, 0.2) is 77.7 Å². The van der Waals surface area contributed by atoms with Crippen LogP contribution in [0.3, 0.4) is 0 Å². The van der Waals surface area contributed by atoms with Crippen molar-refractivity contribution in [3.8, 4) is 0 Å². The highest BCUT2D eigenvalue weighted by Crippen LogP contribution is 2.45. The van der Waals surface area contributed by atoms with Crippen molar-refractivity contribution in [1.29, 1.82) is 0 Å². The van der Waals surface area contributed by atoms with Crippen molar-refractivity contribution in [2.24, 2.45) is 0 Å². The highest BCUT2D eigenvalue weighted by Gasteiger charge is 2.38. The summed E-state index contributed by atoms with van der Waals surface area (Å²) >= 11 is 1.48. The first-order valence-corrected chi connectivity index (χ1v) is 12.2. The van der Waals surface area contributed by atoms with Gasteiger partial charge in [-0.3, -0.25) is 14.4 Å².